The molecule has 0 unspecified atom stereocenters. The van der Waals surface area contributed by atoms with Gasteiger partial charge in [-0.3, -0.25) is 0 Å². The fraction of sp³-hybridized carbons (Fsp3) is 0.789. The van der Waals surface area contributed by atoms with E-state index in [0.29, 0.717) is 0 Å². The van der Waals surface area contributed by atoms with Crippen molar-refractivity contribution >= 4 is 22.2 Å². The average molecular weight is 414 g/mol. The minimum atomic E-state index is -2.33. The molecule has 1 aromatic rings. The van der Waals surface area contributed by atoms with Crippen molar-refractivity contribution in [2.75, 3.05) is 6.54 Å². The van der Waals surface area contributed by atoms with Gasteiger partial charge >= 0.3 is 142 Å². The molecule has 2 N–H and O–H groups in total. The normalized spacial score (nSPS) is 12.0. The molecule has 1 rings (SSSR count). The van der Waals surface area contributed by atoms with E-state index in [-0.39, 0.29) is 0 Å². The van der Waals surface area contributed by atoms with E-state index in [1.807, 2.05) is 6.26 Å². The fourth-order valence-electron chi connectivity index (χ4n) is 3.38. The second-order valence-electron chi connectivity index (χ2n) is 6.80. The quantitative estimate of drug-likeness (QED) is 0.449. The zero-order chi connectivity index (χ0) is 16.3. The van der Waals surface area contributed by atoms with E-state index >= 15 is 0 Å². The molecular weight excluding hydrogens is 377 g/mol. The Morgan fingerprint density at radius 2 is 1.45 bits per heavy atom. The molecule has 1 aromatic heterocycles. The summed E-state index contributed by atoms with van der Waals surface area (Å²) >= 11 is -2.33. The number of hydrogen-bond acceptors (Lipinski definition) is 2. The van der Waals surface area contributed by atoms with Crippen LogP contribution in [0.3, 0.4) is 0 Å². The Kier molecular flexibility index (Phi) is 10.5. The summed E-state index contributed by atoms with van der Waals surface area (Å²) in [4.78, 5) is 0. The molecule has 22 heavy (non-hydrogen) atoms. The number of rotatable bonds is 13. The van der Waals surface area contributed by atoms with Crippen LogP contribution in [0.1, 0.15) is 71.3 Å². The van der Waals surface area contributed by atoms with Gasteiger partial charge in [-0.1, -0.05) is 0 Å². The van der Waals surface area contributed by atoms with Gasteiger partial charge in [0.15, 0.2) is 0 Å². The number of unbranched alkanes of at least 4 members (excludes halogenated alkanes) is 3. The Bertz CT molecular complexity index is 367. The third-order valence-electron chi connectivity index (χ3n) is 4.87. The van der Waals surface area contributed by atoms with Crippen LogP contribution in [-0.4, -0.2) is 24.9 Å². The Hall–Kier alpha value is 0.0387. The van der Waals surface area contributed by atoms with Gasteiger partial charge in [-0.25, -0.2) is 0 Å². The first-order valence-electron chi connectivity index (χ1n) is 9.50. The molecule has 0 aliphatic heterocycles. The van der Waals surface area contributed by atoms with Crippen LogP contribution < -0.4 is 9.51 Å². The summed E-state index contributed by atoms with van der Waals surface area (Å²) in [6, 6.07) is 2.42. The van der Waals surface area contributed by atoms with Crippen LogP contribution in [0.15, 0.2) is 16.7 Å². The van der Waals surface area contributed by atoms with Crippen molar-refractivity contribution in [3.63, 3.8) is 0 Å². The first-order chi connectivity index (χ1) is 10.7. The molecule has 0 radical (unpaired) electrons. The van der Waals surface area contributed by atoms with Crippen molar-refractivity contribution in [1.29, 1.82) is 0 Å². The van der Waals surface area contributed by atoms with E-state index in [1.165, 1.54) is 61.2 Å². The van der Waals surface area contributed by atoms with Crippen LogP contribution in [0.25, 0.3) is 0 Å². The number of furan rings is 1. The van der Waals surface area contributed by atoms with Crippen LogP contribution in [0, 0.1) is 0 Å². The maximum absolute atomic E-state index is 6.17. The number of hydrogen-bond donors (Lipinski definition) is 1. The molecule has 128 valence electrons. The van der Waals surface area contributed by atoms with E-state index in [1.54, 1.807) is 0 Å². The molecule has 1 heterocycles. The molecule has 0 fully saturated rings. The second-order valence-corrected chi connectivity index (χ2v) is 19.8. The Morgan fingerprint density at radius 1 is 0.909 bits per heavy atom. The standard InChI is InChI=1S/C7H10NO.3C4H9.Sn/c8-4-1-2-7-3-5-9-6-7;3*1-3-4-2;/h3,6H,1-2,4,8H2;3*1,3-4H2,2H3;. The summed E-state index contributed by atoms with van der Waals surface area (Å²) in [6.07, 6.45) is 12.3. The van der Waals surface area contributed by atoms with Gasteiger partial charge in [0.25, 0.3) is 0 Å². The minimum absolute atomic E-state index is 0.774. The van der Waals surface area contributed by atoms with Gasteiger partial charge in [-0.05, 0) is 0 Å². The monoisotopic (exact) mass is 415 g/mol. The van der Waals surface area contributed by atoms with Gasteiger partial charge in [0, 0.05) is 0 Å². The molecule has 0 saturated carbocycles. The molecular formula is C19H37NOSn. The zero-order valence-electron chi connectivity index (χ0n) is 15.1. The summed E-state index contributed by atoms with van der Waals surface area (Å²) in [6.45, 7) is 7.75. The SMILES string of the molecule is CCC[CH2][Sn]([CH2]CCC)([CH2]CCC)[c]1cc(CCCN)co1. The molecule has 0 amide bonds. The third-order valence-corrected chi connectivity index (χ3v) is 19.8. The molecule has 0 aromatic carbocycles. The van der Waals surface area contributed by atoms with E-state index in [9.17, 15) is 0 Å². The van der Waals surface area contributed by atoms with E-state index in [2.05, 4.69) is 26.8 Å². The van der Waals surface area contributed by atoms with Crippen molar-refractivity contribution in [2.45, 2.75) is 85.4 Å². The van der Waals surface area contributed by atoms with Gasteiger partial charge in [0.2, 0.25) is 0 Å². The first-order valence-corrected chi connectivity index (χ1v) is 17.0. The van der Waals surface area contributed by atoms with Gasteiger partial charge in [-0.2, -0.15) is 0 Å². The Labute approximate surface area is 142 Å². The van der Waals surface area contributed by atoms with E-state index < -0.39 is 18.4 Å². The third kappa shape index (κ3) is 6.27. The average Bonchev–Trinajstić information content (AvgIpc) is 3.02. The van der Waals surface area contributed by atoms with Crippen molar-refractivity contribution in [1.82, 2.24) is 0 Å². The molecule has 0 bridgehead atoms. The predicted octanol–water partition coefficient (Wildman–Crippen LogP) is 5.23. The molecule has 0 saturated heterocycles. The van der Waals surface area contributed by atoms with Crippen LogP contribution >= 0.6 is 0 Å². The van der Waals surface area contributed by atoms with Gasteiger partial charge < -0.3 is 0 Å². The summed E-state index contributed by atoms with van der Waals surface area (Å²) < 4.78 is 12.1. The number of nitrogens with two attached hydrogens (primary N) is 1. The number of aryl methyl sites for hydroxylation is 1. The van der Waals surface area contributed by atoms with Crippen LogP contribution in [-0.2, 0) is 6.42 Å². The summed E-state index contributed by atoms with van der Waals surface area (Å²) in [5.41, 5.74) is 7.03. The fourth-order valence-corrected chi connectivity index (χ4v) is 18.7. The van der Waals surface area contributed by atoms with Crippen molar-refractivity contribution in [3.8, 4) is 0 Å². The predicted molar refractivity (Wildman–Crippen MR) is 101 cm³/mol. The first kappa shape index (κ1) is 20.1. The van der Waals surface area contributed by atoms with E-state index in [0.717, 1.165) is 19.4 Å². The Morgan fingerprint density at radius 3 is 1.91 bits per heavy atom. The summed E-state index contributed by atoms with van der Waals surface area (Å²) in [7, 11) is 0. The van der Waals surface area contributed by atoms with Crippen molar-refractivity contribution in [3.05, 3.63) is 17.9 Å². The molecule has 0 atom stereocenters. The van der Waals surface area contributed by atoms with Crippen molar-refractivity contribution in [2.24, 2.45) is 5.73 Å². The van der Waals surface area contributed by atoms with E-state index in [4.69, 9.17) is 10.2 Å². The summed E-state index contributed by atoms with van der Waals surface area (Å²) in [5.74, 6) is 0. The molecule has 2 nitrogen and oxygen atoms in total. The zero-order valence-corrected chi connectivity index (χ0v) is 18.0. The van der Waals surface area contributed by atoms with Crippen LogP contribution in [0.2, 0.25) is 13.3 Å². The van der Waals surface area contributed by atoms with Gasteiger partial charge in [-0.15, -0.1) is 0 Å². The molecule has 0 spiro atoms. The Balaban J connectivity index is 2.94. The maximum atomic E-state index is 6.17. The molecule has 0 aliphatic rings. The van der Waals surface area contributed by atoms with Gasteiger partial charge in [0.1, 0.15) is 0 Å². The van der Waals surface area contributed by atoms with Crippen molar-refractivity contribution < 1.29 is 4.42 Å². The molecule has 3 heteroatoms. The summed E-state index contributed by atoms with van der Waals surface area (Å²) in [5, 5.41) is 0. The molecule has 0 aliphatic carbocycles. The van der Waals surface area contributed by atoms with Crippen LogP contribution in [0.5, 0.6) is 0 Å². The second kappa shape index (κ2) is 11.6. The van der Waals surface area contributed by atoms with Gasteiger partial charge in [0.05, 0.1) is 0 Å². The van der Waals surface area contributed by atoms with Crippen LogP contribution in [0.4, 0.5) is 0 Å². The topological polar surface area (TPSA) is 39.2 Å².